The van der Waals surface area contributed by atoms with Gasteiger partial charge in [0.2, 0.25) is 0 Å². The maximum Gasteiger partial charge on any atom is 0.0637 e. The van der Waals surface area contributed by atoms with Crippen LogP contribution < -0.4 is 5.73 Å². The average Bonchev–Trinajstić information content (AvgIpc) is 2.46. The lowest BCUT2D eigenvalue weighted by Gasteiger charge is -2.22. The molecule has 4 heteroatoms. The first-order valence-electron chi connectivity index (χ1n) is 7.09. The molecule has 0 spiro atoms. The number of hydrogen-bond donors (Lipinski definition) is 1. The molecule has 0 bridgehead atoms. The lowest BCUT2D eigenvalue weighted by molar-refractivity contribution is 0.257. The largest absolute Gasteiger partial charge is 0.399 e. The number of nitrogen functional groups attached to an aromatic ring is 1. The number of halogens is 2. The van der Waals surface area contributed by atoms with Crippen molar-refractivity contribution in [3.8, 4) is 0 Å². The summed E-state index contributed by atoms with van der Waals surface area (Å²) in [6.45, 7) is 4.84. The molecule has 112 valence electrons. The minimum atomic E-state index is 0.609. The number of hydrogen-bond acceptors (Lipinski definition) is 2. The number of rotatable bonds is 6. The van der Waals surface area contributed by atoms with Crippen molar-refractivity contribution in [2.24, 2.45) is 0 Å². The van der Waals surface area contributed by atoms with E-state index in [0.717, 1.165) is 37.3 Å². The highest BCUT2D eigenvalue weighted by atomic mass is 35.5. The van der Waals surface area contributed by atoms with Gasteiger partial charge in [-0.3, -0.25) is 4.90 Å². The standard InChI is InChI=1S/C17H20Cl2N2/c1-2-10-21(11-13-6-8-15(20)9-7-13)12-14-4-3-5-16(18)17(14)19/h3-9H,2,10-12,20H2,1H3. The van der Waals surface area contributed by atoms with Gasteiger partial charge in [0.15, 0.2) is 0 Å². The average molecular weight is 323 g/mol. The van der Waals surface area contributed by atoms with E-state index in [-0.39, 0.29) is 0 Å². The summed E-state index contributed by atoms with van der Waals surface area (Å²) in [5, 5.41) is 1.26. The van der Waals surface area contributed by atoms with Crippen LogP contribution >= 0.6 is 23.2 Å². The van der Waals surface area contributed by atoms with E-state index in [9.17, 15) is 0 Å². The molecule has 0 heterocycles. The summed E-state index contributed by atoms with van der Waals surface area (Å²) in [5.41, 5.74) is 8.83. The summed E-state index contributed by atoms with van der Waals surface area (Å²) in [6, 6.07) is 13.8. The van der Waals surface area contributed by atoms with Gasteiger partial charge in [-0.15, -0.1) is 0 Å². The van der Waals surface area contributed by atoms with Gasteiger partial charge in [-0.1, -0.05) is 54.4 Å². The molecule has 2 aromatic rings. The van der Waals surface area contributed by atoms with Crippen LogP contribution in [0.15, 0.2) is 42.5 Å². The Labute approximate surface area is 136 Å². The van der Waals surface area contributed by atoms with E-state index in [0.29, 0.717) is 10.0 Å². The Balaban J connectivity index is 2.11. The minimum Gasteiger partial charge on any atom is -0.399 e. The monoisotopic (exact) mass is 322 g/mol. The van der Waals surface area contributed by atoms with Gasteiger partial charge in [-0.25, -0.2) is 0 Å². The molecule has 0 amide bonds. The van der Waals surface area contributed by atoms with Crippen molar-refractivity contribution in [1.82, 2.24) is 4.90 Å². The van der Waals surface area contributed by atoms with Crippen molar-refractivity contribution >= 4 is 28.9 Å². The Hall–Kier alpha value is -1.22. The third-order valence-electron chi connectivity index (χ3n) is 3.35. The van der Waals surface area contributed by atoms with E-state index in [2.05, 4.69) is 24.0 Å². The maximum absolute atomic E-state index is 6.29. The van der Waals surface area contributed by atoms with Crippen molar-refractivity contribution in [2.45, 2.75) is 26.4 Å². The summed E-state index contributed by atoms with van der Waals surface area (Å²) in [5.74, 6) is 0. The van der Waals surface area contributed by atoms with E-state index in [1.807, 2.05) is 30.3 Å². The molecule has 0 unspecified atom stereocenters. The normalized spacial score (nSPS) is 11.0. The van der Waals surface area contributed by atoms with Crippen molar-refractivity contribution in [3.05, 3.63) is 63.6 Å². The molecule has 0 fully saturated rings. The first-order chi connectivity index (χ1) is 10.1. The van der Waals surface area contributed by atoms with Crippen LogP contribution in [0.25, 0.3) is 0 Å². The second kappa shape index (κ2) is 7.69. The number of anilines is 1. The molecule has 0 aliphatic rings. The van der Waals surface area contributed by atoms with Crippen LogP contribution in [0.4, 0.5) is 5.69 Å². The molecular formula is C17H20Cl2N2. The van der Waals surface area contributed by atoms with E-state index in [1.165, 1.54) is 5.56 Å². The molecule has 0 aliphatic heterocycles. The molecule has 0 saturated heterocycles. The van der Waals surface area contributed by atoms with Crippen molar-refractivity contribution in [3.63, 3.8) is 0 Å². The fraction of sp³-hybridized carbons (Fsp3) is 0.294. The molecule has 21 heavy (non-hydrogen) atoms. The van der Waals surface area contributed by atoms with Gasteiger partial charge in [0, 0.05) is 18.8 Å². The Morgan fingerprint density at radius 1 is 1.00 bits per heavy atom. The van der Waals surface area contributed by atoms with E-state index in [1.54, 1.807) is 0 Å². The minimum absolute atomic E-state index is 0.609. The summed E-state index contributed by atoms with van der Waals surface area (Å²) in [6.07, 6.45) is 1.09. The quantitative estimate of drug-likeness (QED) is 0.759. The molecule has 0 aliphatic carbocycles. The molecule has 0 saturated carbocycles. The van der Waals surface area contributed by atoms with Crippen LogP contribution in [0.2, 0.25) is 10.0 Å². The zero-order chi connectivity index (χ0) is 15.2. The van der Waals surface area contributed by atoms with Gasteiger partial charge in [0.05, 0.1) is 10.0 Å². The Kier molecular flexibility index (Phi) is 5.92. The summed E-state index contributed by atoms with van der Waals surface area (Å²) in [4.78, 5) is 2.36. The number of benzene rings is 2. The maximum atomic E-state index is 6.29. The molecule has 2 aromatic carbocycles. The summed E-state index contributed by atoms with van der Waals surface area (Å²) >= 11 is 12.4. The van der Waals surface area contributed by atoms with Crippen LogP contribution in [0.5, 0.6) is 0 Å². The highest BCUT2D eigenvalue weighted by molar-refractivity contribution is 6.42. The van der Waals surface area contributed by atoms with Crippen molar-refractivity contribution in [1.29, 1.82) is 0 Å². The zero-order valence-corrected chi connectivity index (χ0v) is 13.7. The van der Waals surface area contributed by atoms with Crippen molar-refractivity contribution < 1.29 is 0 Å². The molecule has 0 atom stereocenters. The van der Waals surface area contributed by atoms with Crippen LogP contribution in [-0.4, -0.2) is 11.4 Å². The molecule has 0 radical (unpaired) electrons. The molecule has 2 N–H and O–H groups in total. The molecule has 2 nitrogen and oxygen atoms in total. The Bertz CT molecular complexity index is 582. The smallest absolute Gasteiger partial charge is 0.0637 e. The lowest BCUT2D eigenvalue weighted by atomic mass is 10.1. The third kappa shape index (κ3) is 4.63. The Morgan fingerprint density at radius 2 is 1.71 bits per heavy atom. The first kappa shape index (κ1) is 16.2. The van der Waals surface area contributed by atoms with Gasteiger partial charge < -0.3 is 5.73 Å². The summed E-state index contributed by atoms with van der Waals surface area (Å²) in [7, 11) is 0. The fourth-order valence-electron chi connectivity index (χ4n) is 2.32. The SMILES string of the molecule is CCCN(Cc1ccc(N)cc1)Cc1cccc(Cl)c1Cl. The van der Waals surface area contributed by atoms with Gasteiger partial charge in [-0.05, 0) is 42.3 Å². The lowest BCUT2D eigenvalue weighted by Crippen LogP contribution is -2.23. The molecule has 2 rings (SSSR count). The van der Waals surface area contributed by atoms with E-state index in [4.69, 9.17) is 28.9 Å². The molecular weight excluding hydrogens is 303 g/mol. The fourth-order valence-corrected chi connectivity index (χ4v) is 2.70. The predicted octanol–water partition coefficient (Wildman–Crippen LogP) is 4.99. The second-order valence-corrected chi connectivity index (χ2v) is 5.95. The number of nitrogens with zero attached hydrogens (tertiary/aromatic N) is 1. The van der Waals surface area contributed by atoms with Crippen molar-refractivity contribution in [2.75, 3.05) is 12.3 Å². The summed E-state index contributed by atoms with van der Waals surface area (Å²) < 4.78 is 0. The van der Waals surface area contributed by atoms with Crippen LogP contribution in [0, 0.1) is 0 Å². The first-order valence-corrected chi connectivity index (χ1v) is 7.85. The van der Waals surface area contributed by atoms with Gasteiger partial charge in [0.25, 0.3) is 0 Å². The third-order valence-corrected chi connectivity index (χ3v) is 4.21. The Morgan fingerprint density at radius 3 is 2.38 bits per heavy atom. The second-order valence-electron chi connectivity index (χ2n) is 5.17. The predicted molar refractivity (Wildman–Crippen MR) is 91.7 cm³/mol. The molecule has 0 aromatic heterocycles. The van der Waals surface area contributed by atoms with Gasteiger partial charge >= 0.3 is 0 Å². The van der Waals surface area contributed by atoms with E-state index < -0.39 is 0 Å². The number of nitrogens with two attached hydrogens (primary N) is 1. The van der Waals surface area contributed by atoms with Gasteiger partial charge in [-0.2, -0.15) is 0 Å². The van der Waals surface area contributed by atoms with Crippen LogP contribution in [-0.2, 0) is 13.1 Å². The zero-order valence-electron chi connectivity index (χ0n) is 12.2. The van der Waals surface area contributed by atoms with Crippen LogP contribution in [0.3, 0.4) is 0 Å². The van der Waals surface area contributed by atoms with E-state index >= 15 is 0 Å². The topological polar surface area (TPSA) is 29.3 Å². The highest BCUT2D eigenvalue weighted by Gasteiger charge is 2.10. The highest BCUT2D eigenvalue weighted by Crippen LogP contribution is 2.27. The van der Waals surface area contributed by atoms with Crippen LogP contribution in [0.1, 0.15) is 24.5 Å². The van der Waals surface area contributed by atoms with Gasteiger partial charge in [0.1, 0.15) is 0 Å².